The maximum atomic E-state index is 12.6. The average Bonchev–Trinajstić information content (AvgIpc) is 2.65. The van der Waals surface area contributed by atoms with E-state index in [2.05, 4.69) is 4.74 Å². The van der Waals surface area contributed by atoms with Crippen LogP contribution in [0.1, 0.15) is 39.2 Å². The largest absolute Gasteiger partial charge is 0.491 e. The number of methoxy groups -OCH3 is 1. The monoisotopic (exact) mass is 377 g/mol. The number of amides is 1. The van der Waals surface area contributed by atoms with Crippen molar-refractivity contribution >= 4 is 18.0 Å². The number of ether oxygens (including phenoxy) is 3. The fraction of sp³-hybridized carbons (Fsp3) is 0.524. The standard InChI is InChI=1S/C21H31NO5/c1-5-26-15-7-13-22(14-12-21(24)25-4)20(23)11-10-18-8-6-9-19(16-18)27-17(2)3/h6,8-11,16-17H,5,7,12-15H2,1-4H3/b11-10+. The lowest BCUT2D eigenvalue weighted by Gasteiger charge is -2.20. The summed E-state index contributed by atoms with van der Waals surface area (Å²) in [4.78, 5) is 25.6. The van der Waals surface area contributed by atoms with Crippen LogP contribution in [0, 0.1) is 0 Å². The van der Waals surface area contributed by atoms with E-state index in [9.17, 15) is 9.59 Å². The Morgan fingerprint density at radius 2 is 2.00 bits per heavy atom. The number of rotatable bonds is 12. The van der Waals surface area contributed by atoms with E-state index in [1.54, 1.807) is 11.0 Å². The van der Waals surface area contributed by atoms with Gasteiger partial charge in [0.2, 0.25) is 5.91 Å². The van der Waals surface area contributed by atoms with Crippen LogP contribution >= 0.6 is 0 Å². The normalized spacial score (nSPS) is 11.0. The van der Waals surface area contributed by atoms with Crippen LogP contribution < -0.4 is 4.74 Å². The minimum absolute atomic E-state index is 0.0880. The third-order valence-corrected chi connectivity index (χ3v) is 3.69. The first-order valence-corrected chi connectivity index (χ1v) is 9.34. The zero-order valence-electron chi connectivity index (χ0n) is 16.8. The van der Waals surface area contributed by atoms with Gasteiger partial charge in [0.25, 0.3) is 0 Å². The smallest absolute Gasteiger partial charge is 0.307 e. The van der Waals surface area contributed by atoms with Crippen molar-refractivity contribution in [3.63, 3.8) is 0 Å². The summed E-state index contributed by atoms with van der Waals surface area (Å²) in [5.74, 6) is 0.282. The topological polar surface area (TPSA) is 65.1 Å². The van der Waals surface area contributed by atoms with Crippen molar-refractivity contribution in [1.29, 1.82) is 0 Å². The zero-order chi connectivity index (χ0) is 20.1. The highest BCUT2D eigenvalue weighted by molar-refractivity contribution is 5.92. The van der Waals surface area contributed by atoms with E-state index in [1.165, 1.54) is 13.2 Å². The van der Waals surface area contributed by atoms with Crippen molar-refractivity contribution in [3.8, 4) is 5.75 Å². The van der Waals surface area contributed by atoms with E-state index >= 15 is 0 Å². The lowest BCUT2D eigenvalue weighted by Crippen LogP contribution is -2.33. The molecule has 0 aliphatic carbocycles. The number of carbonyl (C=O) groups excluding carboxylic acids is 2. The fourth-order valence-corrected chi connectivity index (χ4v) is 2.40. The quantitative estimate of drug-likeness (QED) is 0.318. The van der Waals surface area contributed by atoms with Gasteiger partial charge in [0.05, 0.1) is 19.6 Å². The molecule has 0 N–H and O–H groups in total. The van der Waals surface area contributed by atoms with Crippen molar-refractivity contribution in [2.24, 2.45) is 0 Å². The van der Waals surface area contributed by atoms with E-state index in [4.69, 9.17) is 9.47 Å². The number of benzene rings is 1. The van der Waals surface area contributed by atoms with Gasteiger partial charge in [-0.25, -0.2) is 0 Å². The summed E-state index contributed by atoms with van der Waals surface area (Å²) in [6.07, 6.45) is 4.25. The number of carbonyl (C=O) groups is 2. The molecule has 0 bridgehead atoms. The summed E-state index contributed by atoms with van der Waals surface area (Å²) in [5.41, 5.74) is 0.878. The highest BCUT2D eigenvalue weighted by Crippen LogP contribution is 2.16. The molecule has 0 saturated carbocycles. The Hall–Kier alpha value is -2.34. The van der Waals surface area contributed by atoms with Gasteiger partial charge in [-0.1, -0.05) is 12.1 Å². The van der Waals surface area contributed by atoms with Crippen LogP contribution in [0.5, 0.6) is 5.75 Å². The average molecular weight is 377 g/mol. The molecule has 1 amide bonds. The number of esters is 1. The molecule has 1 aromatic carbocycles. The first kappa shape index (κ1) is 22.7. The predicted octanol–water partition coefficient (Wildman–Crippen LogP) is 3.31. The van der Waals surface area contributed by atoms with Crippen molar-refractivity contribution < 1.29 is 23.8 Å². The molecule has 0 aromatic heterocycles. The molecule has 1 rings (SSSR count). The Balaban J connectivity index is 2.71. The second-order valence-electron chi connectivity index (χ2n) is 6.27. The van der Waals surface area contributed by atoms with Gasteiger partial charge in [-0.05, 0) is 51.0 Å². The first-order chi connectivity index (χ1) is 13.0. The number of hydrogen-bond donors (Lipinski definition) is 0. The maximum absolute atomic E-state index is 12.6. The number of nitrogens with zero attached hydrogens (tertiary/aromatic N) is 1. The molecule has 0 spiro atoms. The van der Waals surface area contributed by atoms with Crippen LogP contribution in [-0.4, -0.2) is 56.3 Å². The van der Waals surface area contributed by atoms with E-state index in [0.717, 1.165) is 11.3 Å². The molecule has 0 heterocycles. The second-order valence-corrected chi connectivity index (χ2v) is 6.27. The molecule has 0 atom stereocenters. The Labute approximate surface area is 162 Å². The molecule has 0 aliphatic heterocycles. The van der Waals surface area contributed by atoms with Crippen LogP contribution in [-0.2, 0) is 19.1 Å². The molecule has 0 unspecified atom stereocenters. The molecule has 0 radical (unpaired) electrons. The minimum atomic E-state index is -0.333. The van der Waals surface area contributed by atoms with Crippen LogP contribution in [0.25, 0.3) is 6.08 Å². The van der Waals surface area contributed by atoms with E-state index in [0.29, 0.717) is 32.7 Å². The van der Waals surface area contributed by atoms with Crippen molar-refractivity contribution in [1.82, 2.24) is 4.90 Å². The molecule has 6 heteroatoms. The van der Waals surface area contributed by atoms with Crippen LogP contribution in [0.4, 0.5) is 0 Å². The summed E-state index contributed by atoms with van der Waals surface area (Å²) in [6, 6.07) is 7.57. The van der Waals surface area contributed by atoms with Gasteiger partial charge in [-0.3, -0.25) is 9.59 Å². The Morgan fingerprint density at radius 1 is 1.22 bits per heavy atom. The van der Waals surface area contributed by atoms with E-state index < -0.39 is 0 Å². The molecular formula is C21H31NO5. The van der Waals surface area contributed by atoms with Crippen molar-refractivity contribution in [2.75, 3.05) is 33.4 Å². The van der Waals surface area contributed by atoms with Crippen LogP contribution in [0.3, 0.4) is 0 Å². The summed E-state index contributed by atoms with van der Waals surface area (Å²) in [5, 5.41) is 0. The maximum Gasteiger partial charge on any atom is 0.307 e. The highest BCUT2D eigenvalue weighted by atomic mass is 16.5. The Morgan fingerprint density at radius 3 is 2.67 bits per heavy atom. The Bertz CT molecular complexity index is 612. The van der Waals surface area contributed by atoms with Gasteiger partial charge in [0.1, 0.15) is 5.75 Å². The Kier molecular flexibility index (Phi) is 10.9. The lowest BCUT2D eigenvalue weighted by atomic mass is 10.2. The van der Waals surface area contributed by atoms with Gasteiger partial charge < -0.3 is 19.1 Å². The molecule has 150 valence electrons. The molecule has 0 saturated heterocycles. The third-order valence-electron chi connectivity index (χ3n) is 3.69. The first-order valence-electron chi connectivity index (χ1n) is 9.34. The van der Waals surface area contributed by atoms with E-state index in [-0.39, 0.29) is 24.4 Å². The van der Waals surface area contributed by atoms with Gasteiger partial charge >= 0.3 is 5.97 Å². The number of hydrogen-bond acceptors (Lipinski definition) is 5. The second kappa shape index (κ2) is 12.9. The highest BCUT2D eigenvalue weighted by Gasteiger charge is 2.13. The third kappa shape index (κ3) is 9.80. The minimum Gasteiger partial charge on any atom is -0.491 e. The van der Waals surface area contributed by atoms with Gasteiger partial charge in [0, 0.05) is 32.4 Å². The summed E-state index contributed by atoms with van der Waals surface area (Å²) >= 11 is 0. The molecule has 6 nitrogen and oxygen atoms in total. The molecular weight excluding hydrogens is 346 g/mol. The fourth-order valence-electron chi connectivity index (χ4n) is 2.40. The van der Waals surface area contributed by atoms with Crippen LogP contribution in [0.15, 0.2) is 30.3 Å². The van der Waals surface area contributed by atoms with Crippen LogP contribution in [0.2, 0.25) is 0 Å². The van der Waals surface area contributed by atoms with Crippen molar-refractivity contribution in [3.05, 3.63) is 35.9 Å². The molecule has 27 heavy (non-hydrogen) atoms. The van der Waals surface area contributed by atoms with E-state index in [1.807, 2.05) is 45.0 Å². The lowest BCUT2D eigenvalue weighted by molar-refractivity contribution is -0.141. The molecule has 0 aliphatic rings. The molecule has 1 aromatic rings. The summed E-state index contributed by atoms with van der Waals surface area (Å²) in [7, 11) is 1.34. The molecule has 0 fully saturated rings. The SMILES string of the molecule is CCOCCCN(CCC(=O)OC)C(=O)/C=C/c1cccc(OC(C)C)c1. The zero-order valence-corrected chi connectivity index (χ0v) is 16.8. The predicted molar refractivity (Wildman–Crippen MR) is 106 cm³/mol. The van der Waals surface area contributed by atoms with Gasteiger partial charge in [0.15, 0.2) is 0 Å². The van der Waals surface area contributed by atoms with Gasteiger partial charge in [-0.15, -0.1) is 0 Å². The van der Waals surface area contributed by atoms with Gasteiger partial charge in [-0.2, -0.15) is 0 Å². The summed E-state index contributed by atoms with van der Waals surface area (Å²) in [6.45, 7) is 7.93. The van der Waals surface area contributed by atoms with Crippen molar-refractivity contribution in [2.45, 2.75) is 39.7 Å². The summed E-state index contributed by atoms with van der Waals surface area (Å²) < 4.78 is 15.7.